The van der Waals surface area contributed by atoms with Gasteiger partial charge in [-0.2, -0.15) is 5.26 Å². The van der Waals surface area contributed by atoms with Crippen LogP contribution in [0.2, 0.25) is 0 Å². The molecule has 1 amide bonds. The first-order valence-electron chi connectivity index (χ1n) is 9.26. The van der Waals surface area contributed by atoms with E-state index in [-0.39, 0.29) is 17.5 Å². The number of nitriles is 1. The van der Waals surface area contributed by atoms with Gasteiger partial charge in [-0.3, -0.25) is 4.79 Å². The van der Waals surface area contributed by atoms with E-state index in [4.69, 9.17) is 9.47 Å². The van der Waals surface area contributed by atoms with Crippen molar-refractivity contribution < 1.29 is 14.3 Å². The number of nitrogens with zero attached hydrogens (tertiary/aromatic N) is 2. The van der Waals surface area contributed by atoms with E-state index >= 15 is 0 Å². The minimum absolute atomic E-state index is 0.128. The van der Waals surface area contributed by atoms with Crippen molar-refractivity contribution in [3.8, 4) is 17.6 Å². The van der Waals surface area contributed by atoms with Gasteiger partial charge in [-0.25, -0.2) is 0 Å². The molecule has 1 N–H and O–H groups in total. The van der Waals surface area contributed by atoms with Crippen molar-refractivity contribution in [1.29, 1.82) is 5.26 Å². The summed E-state index contributed by atoms with van der Waals surface area (Å²) in [4.78, 5) is 14.7. The summed E-state index contributed by atoms with van der Waals surface area (Å²) in [7, 11) is 3.15. The third-order valence-corrected chi connectivity index (χ3v) is 4.83. The zero-order valence-electron chi connectivity index (χ0n) is 16.8. The van der Waals surface area contributed by atoms with E-state index in [9.17, 15) is 10.1 Å². The normalized spacial score (nSPS) is 21.2. The fourth-order valence-corrected chi connectivity index (χ4v) is 3.62. The number of likely N-dealkylation sites (tertiary alicyclic amines) is 1. The largest absolute Gasteiger partial charge is 0.493 e. The van der Waals surface area contributed by atoms with Crippen LogP contribution in [0, 0.1) is 23.2 Å². The molecule has 3 unspecified atom stereocenters. The molecule has 1 aromatic rings. The van der Waals surface area contributed by atoms with Crippen LogP contribution in [0.1, 0.15) is 38.8 Å². The summed E-state index contributed by atoms with van der Waals surface area (Å²) < 4.78 is 10.6. The maximum absolute atomic E-state index is 12.6. The number of hydrogen-bond donors (Lipinski definition) is 1. The maximum Gasteiger partial charge on any atom is 0.263 e. The van der Waals surface area contributed by atoms with Crippen LogP contribution in [-0.2, 0) is 4.79 Å². The topological polar surface area (TPSA) is 74.6 Å². The lowest BCUT2D eigenvalue weighted by molar-refractivity contribution is -0.117. The monoisotopic (exact) mass is 371 g/mol. The molecule has 0 aromatic heterocycles. The van der Waals surface area contributed by atoms with Gasteiger partial charge in [0.15, 0.2) is 11.5 Å². The summed E-state index contributed by atoms with van der Waals surface area (Å²) in [6.45, 7) is 8.00. The Kier molecular flexibility index (Phi) is 7.12. The van der Waals surface area contributed by atoms with Gasteiger partial charge in [0.2, 0.25) is 0 Å². The minimum Gasteiger partial charge on any atom is -0.493 e. The fraction of sp³-hybridized carbons (Fsp3) is 0.524. The smallest absolute Gasteiger partial charge is 0.263 e. The lowest BCUT2D eigenvalue weighted by Crippen LogP contribution is -2.36. The van der Waals surface area contributed by atoms with Crippen molar-refractivity contribution in [2.24, 2.45) is 11.8 Å². The van der Waals surface area contributed by atoms with Crippen LogP contribution in [0.25, 0.3) is 0 Å². The minimum atomic E-state index is -0.370. The number of hydrogen-bond acceptors (Lipinski definition) is 5. The predicted molar refractivity (Wildman–Crippen MR) is 104 cm³/mol. The number of rotatable bonds is 6. The summed E-state index contributed by atoms with van der Waals surface area (Å²) in [6, 6.07) is 7.27. The summed E-state index contributed by atoms with van der Waals surface area (Å²) in [5.41, 5.74) is 1.00. The molecule has 1 aromatic carbocycles. The van der Waals surface area contributed by atoms with Gasteiger partial charge in [0, 0.05) is 19.3 Å². The molecule has 1 aliphatic heterocycles. The molecule has 146 valence electrons. The Morgan fingerprint density at radius 3 is 2.44 bits per heavy atom. The number of nitrogens with one attached hydrogen (secondary N) is 1. The van der Waals surface area contributed by atoms with Crippen molar-refractivity contribution in [2.75, 3.05) is 27.3 Å². The molecule has 0 radical (unpaired) electrons. The SMILES string of the molecule is COc1ccc(C(C)NC(=O)/C(C#N)=C\N2CC(C)CC(C)C2)cc1OC. The first-order valence-corrected chi connectivity index (χ1v) is 9.26. The Bertz CT molecular complexity index is 729. The van der Waals surface area contributed by atoms with Gasteiger partial charge in [-0.15, -0.1) is 0 Å². The van der Waals surface area contributed by atoms with E-state index in [2.05, 4.69) is 24.1 Å². The standard InChI is InChI=1S/C21H29N3O3/c1-14-8-15(2)12-24(11-14)13-18(10-22)21(25)23-16(3)17-6-7-19(26-4)20(9-17)27-5/h6-7,9,13-16H,8,11-12H2,1-5H3,(H,23,25)/b18-13-. The molecular weight excluding hydrogens is 342 g/mol. The third kappa shape index (κ3) is 5.40. The lowest BCUT2D eigenvalue weighted by atomic mass is 9.92. The average molecular weight is 371 g/mol. The molecule has 1 saturated heterocycles. The Morgan fingerprint density at radius 1 is 1.26 bits per heavy atom. The molecule has 0 saturated carbocycles. The maximum atomic E-state index is 12.6. The van der Waals surface area contributed by atoms with Crippen LogP contribution in [-0.4, -0.2) is 38.1 Å². The lowest BCUT2D eigenvalue weighted by Gasteiger charge is -2.34. The number of methoxy groups -OCH3 is 2. The molecule has 1 aliphatic rings. The van der Waals surface area contributed by atoms with E-state index < -0.39 is 0 Å². The van der Waals surface area contributed by atoms with Gasteiger partial charge in [-0.1, -0.05) is 19.9 Å². The van der Waals surface area contributed by atoms with Gasteiger partial charge in [0.05, 0.1) is 20.3 Å². The Balaban J connectivity index is 2.10. The second-order valence-corrected chi connectivity index (χ2v) is 7.36. The average Bonchev–Trinajstić information content (AvgIpc) is 2.64. The number of amides is 1. The van der Waals surface area contributed by atoms with E-state index in [1.807, 2.05) is 25.1 Å². The quantitative estimate of drug-likeness (QED) is 0.614. The van der Waals surface area contributed by atoms with Crippen LogP contribution >= 0.6 is 0 Å². The van der Waals surface area contributed by atoms with Gasteiger partial charge in [0.1, 0.15) is 11.6 Å². The molecule has 1 fully saturated rings. The summed E-state index contributed by atoms with van der Waals surface area (Å²) in [5, 5.41) is 12.3. The molecule has 0 bridgehead atoms. The summed E-state index contributed by atoms with van der Waals surface area (Å²) in [6.07, 6.45) is 2.87. The molecule has 6 nitrogen and oxygen atoms in total. The zero-order chi connectivity index (χ0) is 20.0. The van der Waals surface area contributed by atoms with Crippen LogP contribution in [0.5, 0.6) is 11.5 Å². The van der Waals surface area contributed by atoms with Crippen LogP contribution in [0.15, 0.2) is 30.0 Å². The van der Waals surface area contributed by atoms with E-state index in [1.54, 1.807) is 26.5 Å². The molecule has 27 heavy (non-hydrogen) atoms. The first-order chi connectivity index (χ1) is 12.9. The highest BCUT2D eigenvalue weighted by molar-refractivity contribution is 5.97. The van der Waals surface area contributed by atoms with Crippen molar-refractivity contribution in [2.45, 2.75) is 33.2 Å². The Hall–Kier alpha value is -2.68. The van der Waals surface area contributed by atoms with Crippen molar-refractivity contribution in [3.63, 3.8) is 0 Å². The molecule has 6 heteroatoms. The van der Waals surface area contributed by atoms with Crippen LogP contribution in [0.3, 0.4) is 0 Å². The molecule has 0 aliphatic carbocycles. The number of ether oxygens (including phenoxy) is 2. The Morgan fingerprint density at radius 2 is 1.89 bits per heavy atom. The number of carbonyl (C=O) groups excluding carboxylic acids is 1. The number of piperidine rings is 1. The van der Waals surface area contributed by atoms with Gasteiger partial charge < -0.3 is 19.7 Å². The second kappa shape index (κ2) is 9.31. The molecule has 2 rings (SSSR count). The van der Waals surface area contributed by atoms with Gasteiger partial charge >= 0.3 is 0 Å². The van der Waals surface area contributed by atoms with Crippen molar-refractivity contribution in [1.82, 2.24) is 10.2 Å². The van der Waals surface area contributed by atoms with Gasteiger partial charge in [-0.05, 0) is 42.9 Å². The summed E-state index contributed by atoms with van der Waals surface area (Å²) in [5.74, 6) is 1.97. The van der Waals surface area contributed by atoms with Gasteiger partial charge in [0.25, 0.3) is 5.91 Å². The molecular formula is C21H29N3O3. The molecule has 0 spiro atoms. The van der Waals surface area contributed by atoms with E-state index in [0.29, 0.717) is 23.3 Å². The van der Waals surface area contributed by atoms with Crippen LogP contribution in [0.4, 0.5) is 0 Å². The highest BCUT2D eigenvalue weighted by atomic mass is 16.5. The number of benzene rings is 1. The second-order valence-electron chi connectivity index (χ2n) is 7.36. The first kappa shape index (κ1) is 20.6. The van der Waals surface area contributed by atoms with Crippen molar-refractivity contribution >= 4 is 5.91 Å². The van der Waals surface area contributed by atoms with Crippen LogP contribution < -0.4 is 14.8 Å². The summed E-state index contributed by atoms with van der Waals surface area (Å²) >= 11 is 0. The zero-order valence-corrected chi connectivity index (χ0v) is 16.8. The molecule has 3 atom stereocenters. The predicted octanol–water partition coefficient (Wildman–Crippen LogP) is 3.27. The number of carbonyl (C=O) groups is 1. The van der Waals surface area contributed by atoms with E-state index in [0.717, 1.165) is 18.7 Å². The Labute approximate surface area is 161 Å². The fourth-order valence-electron chi connectivity index (χ4n) is 3.62. The van der Waals surface area contributed by atoms with E-state index in [1.165, 1.54) is 6.42 Å². The highest BCUT2D eigenvalue weighted by Gasteiger charge is 2.22. The van der Waals surface area contributed by atoms with Crippen molar-refractivity contribution in [3.05, 3.63) is 35.5 Å². The molecule has 1 heterocycles. The third-order valence-electron chi connectivity index (χ3n) is 4.83. The highest BCUT2D eigenvalue weighted by Crippen LogP contribution is 2.30.